The first-order chi connectivity index (χ1) is 9.19. The van der Waals surface area contributed by atoms with Gasteiger partial charge in [-0.05, 0) is 23.6 Å². The second-order valence-corrected chi connectivity index (χ2v) is 4.33. The molecule has 4 nitrogen and oxygen atoms in total. The van der Waals surface area contributed by atoms with Crippen LogP contribution in [0.1, 0.15) is 18.1 Å². The lowest BCUT2D eigenvalue weighted by molar-refractivity contribution is -0.384. The normalized spacial score (nSPS) is 10.2. The third kappa shape index (κ3) is 3.55. The highest BCUT2D eigenvalue weighted by molar-refractivity contribution is 5.51. The zero-order chi connectivity index (χ0) is 13.7. The van der Waals surface area contributed by atoms with E-state index in [4.69, 9.17) is 0 Å². The van der Waals surface area contributed by atoms with Crippen molar-refractivity contribution in [3.05, 3.63) is 69.8 Å². The van der Waals surface area contributed by atoms with Crippen molar-refractivity contribution in [1.29, 1.82) is 0 Å². The Morgan fingerprint density at radius 3 is 2.42 bits per heavy atom. The van der Waals surface area contributed by atoms with Crippen LogP contribution in [0, 0.1) is 10.1 Å². The van der Waals surface area contributed by atoms with Crippen molar-refractivity contribution in [3.8, 4) is 0 Å². The fraction of sp³-hybridized carbons (Fsp3) is 0.200. The number of anilines is 1. The van der Waals surface area contributed by atoms with Gasteiger partial charge in [0, 0.05) is 24.4 Å². The molecule has 0 aliphatic carbocycles. The molecule has 0 saturated carbocycles. The zero-order valence-electron chi connectivity index (χ0n) is 10.8. The van der Waals surface area contributed by atoms with Gasteiger partial charge >= 0.3 is 0 Å². The quantitative estimate of drug-likeness (QED) is 0.654. The lowest BCUT2D eigenvalue weighted by atomic mass is 10.1. The van der Waals surface area contributed by atoms with Crippen LogP contribution in [0.2, 0.25) is 0 Å². The van der Waals surface area contributed by atoms with Crippen LogP contribution < -0.4 is 5.32 Å². The standard InChI is InChI=1S/C15H16N2O2/c1-2-12-6-8-13(9-7-12)11-16-14-4-3-5-15(10-14)17(18)19/h3-10,16H,2,11H2,1H3. The van der Waals surface area contributed by atoms with E-state index < -0.39 is 0 Å². The van der Waals surface area contributed by atoms with Crippen LogP contribution >= 0.6 is 0 Å². The van der Waals surface area contributed by atoms with Gasteiger partial charge < -0.3 is 5.32 Å². The minimum absolute atomic E-state index is 0.103. The Morgan fingerprint density at radius 1 is 1.11 bits per heavy atom. The van der Waals surface area contributed by atoms with Crippen LogP contribution in [0.15, 0.2) is 48.5 Å². The minimum atomic E-state index is -0.388. The molecule has 0 saturated heterocycles. The summed E-state index contributed by atoms with van der Waals surface area (Å²) in [5.74, 6) is 0. The Balaban J connectivity index is 2.01. The third-order valence-electron chi connectivity index (χ3n) is 2.98. The number of non-ortho nitro benzene ring substituents is 1. The fourth-order valence-corrected chi connectivity index (χ4v) is 1.83. The summed E-state index contributed by atoms with van der Waals surface area (Å²) >= 11 is 0. The Morgan fingerprint density at radius 2 is 1.79 bits per heavy atom. The Bertz CT molecular complexity index is 565. The fourth-order valence-electron chi connectivity index (χ4n) is 1.83. The summed E-state index contributed by atoms with van der Waals surface area (Å²) in [5.41, 5.74) is 3.32. The summed E-state index contributed by atoms with van der Waals surface area (Å²) in [6.07, 6.45) is 1.03. The molecular weight excluding hydrogens is 240 g/mol. The van der Waals surface area contributed by atoms with Gasteiger partial charge in [0.1, 0.15) is 0 Å². The van der Waals surface area contributed by atoms with Crippen LogP contribution in [-0.2, 0) is 13.0 Å². The van der Waals surface area contributed by atoms with Crippen molar-refractivity contribution in [3.63, 3.8) is 0 Å². The van der Waals surface area contributed by atoms with Gasteiger partial charge in [0.2, 0.25) is 0 Å². The molecule has 0 spiro atoms. The predicted octanol–water partition coefficient (Wildman–Crippen LogP) is 3.77. The van der Waals surface area contributed by atoms with Crippen molar-refractivity contribution in [2.45, 2.75) is 19.9 Å². The van der Waals surface area contributed by atoms with Gasteiger partial charge in [-0.2, -0.15) is 0 Å². The Hall–Kier alpha value is -2.36. The molecule has 0 radical (unpaired) electrons. The van der Waals surface area contributed by atoms with Crippen molar-refractivity contribution in [2.24, 2.45) is 0 Å². The van der Waals surface area contributed by atoms with E-state index >= 15 is 0 Å². The SMILES string of the molecule is CCc1ccc(CNc2cccc([N+](=O)[O-])c2)cc1. The van der Waals surface area contributed by atoms with E-state index in [1.807, 2.05) is 6.07 Å². The monoisotopic (exact) mass is 256 g/mol. The minimum Gasteiger partial charge on any atom is -0.381 e. The van der Waals surface area contributed by atoms with Gasteiger partial charge in [0.05, 0.1) is 4.92 Å². The number of nitro benzene ring substituents is 1. The molecule has 0 heterocycles. The zero-order valence-corrected chi connectivity index (χ0v) is 10.8. The largest absolute Gasteiger partial charge is 0.381 e. The number of aryl methyl sites for hydroxylation is 1. The van der Waals surface area contributed by atoms with E-state index in [0.717, 1.165) is 17.7 Å². The van der Waals surface area contributed by atoms with Crippen LogP contribution in [0.5, 0.6) is 0 Å². The molecule has 1 N–H and O–H groups in total. The number of benzene rings is 2. The maximum Gasteiger partial charge on any atom is 0.271 e. The second-order valence-electron chi connectivity index (χ2n) is 4.33. The molecular formula is C15H16N2O2. The highest BCUT2D eigenvalue weighted by atomic mass is 16.6. The molecule has 0 unspecified atom stereocenters. The van der Waals surface area contributed by atoms with Gasteiger partial charge in [0.25, 0.3) is 5.69 Å². The molecule has 2 aromatic rings. The van der Waals surface area contributed by atoms with Gasteiger partial charge in [-0.1, -0.05) is 37.3 Å². The number of nitro groups is 1. The molecule has 19 heavy (non-hydrogen) atoms. The first-order valence-corrected chi connectivity index (χ1v) is 6.25. The molecule has 2 rings (SSSR count). The number of hydrogen-bond donors (Lipinski definition) is 1. The smallest absolute Gasteiger partial charge is 0.271 e. The lowest BCUT2D eigenvalue weighted by Gasteiger charge is -2.07. The summed E-state index contributed by atoms with van der Waals surface area (Å²) in [5, 5.41) is 13.9. The molecule has 0 atom stereocenters. The molecule has 0 amide bonds. The maximum atomic E-state index is 10.7. The topological polar surface area (TPSA) is 55.2 Å². The number of hydrogen-bond acceptors (Lipinski definition) is 3. The molecule has 0 bridgehead atoms. The average Bonchev–Trinajstić information content (AvgIpc) is 2.46. The van der Waals surface area contributed by atoms with Crippen molar-refractivity contribution in [1.82, 2.24) is 0 Å². The van der Waals surface area contributed by atoms with Gasteiger partial charge in [-0.3, -0.25) is 10.1 Å². The highest BCUT2D eigenvalue weighted by Gasteiger charge is 2.05. The summed E-state index contributed by atoms with van der Waals surface area (Å²) in [6, 6.07) is 14.9. The van der Waals surface area contributed by atoms with E-state index in [-0.39, 0.29) is 10.6 Å². The third-order valence-corrected chi connectivity index (χ3v) is 2.98. The van der Waals surface area contributed by atoms with Crippen molar-refractivity contribution < 1.29 is 4.92 Å². The van der Waals surface area contributed by atoms with E-state index in [1.54, 1.807) is 12.1 Å². The summed E-state index contributed by atoms with van der Waals surface area (Å²) in [4.78, 5) is 10.3. The average molecular weight is 256 g/mol. The first-order valence-electron chi connectivity index (χ1n) is 6.25. The lowest BCUT2D eigenvalue weighted by Crippen LogP contribution is -2.00. The van der Waals surface area contributed by atoms with Gasteiger partial charge in [0.15, 0.2) is 0 Å². The molecule has 0 aliphatic rings. The molecule has 0 aromatic heterocycles. The van der Waals surface area contributed by atoms with E-state index in [9.17, 15) is 10.1 Å². The molecule has 2 aromatic carbocycles. The van der Waals surface area contributed by atoms with Gasteiger partial charge in [-0.25, -0.2) is 0 Å². The summed E-state index contributed by atoms with van der Waals surface area (Å²) < 4.78 is 0. The molecule has 4 heteroatoms. The van der Waals surface area contributed by atoms with Crippen LogP contribution in [0.4, 0.5) is 11.4 Å². The molecule has 98 valence electrons. The van der Waals surface area contributed by atoms with Crippen LogP contribution in [-0.4, -0.2) is 4.92 Å². The Kier molecular flexibility index (Phi) is 4.13. The number of nitrogens with one attached hydrogen (secondary N) is 1. The van der Waals surface area contributed by atoms with Crippen LogP contribution in [0.25, 0.3) is 0 Å². The number of rotatable bonds is 5. The summed E-state index contributed by atoms with van der Waals surface area (Å²) in [7, 11) is 0. The number of nitrogens with zero attached hydrogens (tertiary/aromatic N) is 1. The molecule has 0 aliphatic heterocycles. The van der Waals surface area contributed by atoms with E-state index in [2.05, 4.69) is 36.5 Å². The van der Waals surface area contributed by atoms with Gasteiger partial charge in [-0.15, -0.1) is 0 Å². The van der Waals surface area contributed by atoms with Crippen LogP contribution in [0.3, 0.4) is 0 Å². The van der Waals surface area contributed by atoms with Crippen molar-refractivity contribution >= 4 is 11.4 Å². The summed E-state index contributed by atoms with van der Waals surface area (Å²) in [6.45, 7) is 2.78. The van der Waals surface area contributed by atoms with E-state index in [1.165, 1.54) is 11.6 Å². The Labute approximate surface area is 112 Å². The second kappa shape index (κ2) is 6.00. The maximum absolute atomic E-state index is 10.7. The van der Waals surface area contributed by atoms with E-state index in [0.29, 0.717) is 6.54 Å². The molecule has 0 fully saturated rings. The first kappa shape index (κ1) is 13.1. The highest BCUT2D eigenvalue weighted by Crippen LogP contribution is 2.17. The van der Waals surface area contributed by atoms with Crippen molar-refractivity contribution in [2.75, 3.05) is 5.32 Å². The predicted molar refractivity (Wildman–Crippen MR) is 76.2 cm³/mol.